The van der Waals surface area contributed by atoms with Crippen LogP contribution in [0, 0.1) is 0 Å². The summed E-state index contributed by atoms with van der Waals surface area (Å²) in [6, 6.07) is 12.6. The second-order valence-corrected chi connectivity index (χ2v) is 6.40. The zero-order valence-electron chi connectivity index (χ0n) is 11.7. The Hall–Kier alpha value is -1.86. The van der Waals surface area contributed by atoms with Crippen LogP contribution >= 0.6 is 35.0 Å². The fourth-order valence-corrected chi connectivity index (χ4v) is 3.13. The van der Waals surface area contributed by atoms with Crippen molar-refractivity contribution in [1.82, 2.24) is 5.43 Å². The lowest BCUT2D eigenvalue weighted by atomic mass is 10.1. The van der Waals surface area contributed by atoms with Gasteiger partial charge in [0, 0.05) is 20.5 Å². The first-order valence-corrected chi connectivity index (χ1v) is 7.92. The minimum absolute atomic E-state index is 0.0669. The number of nitrogens with two attached hydrogens (primary N) is 2. The lowest BCUT2D eigenvalue weighted by Gasteiger charge is -2.09. The van der Waals surface area contributed by atoms with Gasteiger partial charge in [-0.3, -0.25) is 5.84 Å². The van der Waals surface area contributed by atoms with Gasteiger partial charge in [-0.05, 0) is 29.8 Å². The summed E-state index contributed by atoms with van der Waals surface area (Å²) >= 11 is 13.2. The first-order valence-electron chi connectivity index (χ1n) is 6.35. The van der Waals surface area contributed by atoms with Crippen molar-refractivity contribution < 1.29 is 9.90 Å². The molecule has 2 rings (SSSR count). The number of carboxylic acids is 1. The molecule has 120 valence electrons. The Labute approximate surface area is 147 Å². The molecular weight excluding hydrogens is 357 g/mol. The minimum atomic E-state index is -1.22. The number of hydrazine groups is 1. The molecule has 0 saturated carbocycles. The number of carbonyl (C=O) groups is 1. The molecule has 0 heterocycles. The monoisotopic (exact) mass is 369 g/mol. The highest BCUT2D eigenvalue weighted by atomic mass is 35.5. The van der Waals surface area contributed by atoms with Crippen molar-refractivity contribution in [2.75, 3.05) is 0 Å². The Morgan fingerprint density at radius 3 is 2.30 bits per heavy atom. The second-order valence-electron chi connectivity index (χ2n) is 4.44. The topological polar surface area (TPSA) is 101 Å². The molecule has 0 unspecified atom stereocenters. The van der Waals surface area contributed by atoms with Gasteiger partial charge in [-0.2, -0.15) is 0 Å². The maximum absolute atomic E-state index is 10.9. The average Bonchev–Trinajstić information content (AvgIpc) is 2.48. The zero-order chi connectivity index (χ0) is 17.0. The minimum Gasteiger partial charge on any atom is -0.476 e. The van der Waals surface area contributed by atoms with E-state index in [2.05, 4.69) is 5.43 Å². The van der Waals surface area contributed by atoms with E-state index in [9.17, 15) is 4.79 Å². The third-order valence-electron chi connectivity index (χ3n) is 2.93. The first-order chi connectivity index (χ1) is 10.9. The number of aliphatic carboxylic acids is 1. The van der Waals surface area contributed by atoms with Gasteiger partial charge in [0.2, 0.25) is 0 Å². The van der Waals surface area contributed by atoms with Crippen LogP contribution in [0.5, 0.6) is 0 Å². The Morgan fingerprint density at radius 1 is 1.13 bits per heavy atom. The molecule has 0 saturated heterocycles. The van der Waals surface area contributed by atoms with Crippen LogP contribution in [0.3, 0.4) is 0 Å². The predicted octanol–water partition coefficient (Wildman–Crippen LogP) is 3.43. The van der Waals surface area contributed by atoms with Crippen molar-refractivity contribution in [3.8, 4) is 11.1 Å². The Balaban J connectivity index is 2.25. The van der Waals surface area contributed by atoms with Crippen molar-refractivity contribution in [3.63, 3.8) is 0 Å². The summed E-state index contributed by atoms with van der Waals surface area (Å²) < 4.78 is 0. The van der Waals surface area contributed by atoms with E-state index in [1.165, 1.54) is 0 Å². The second kappa shape index (κ2) is 7.61. The van der Waals surface area contributed by atoms with Crippen LogP contribution in [0.4, 0.5) is 0 Å². The Kier molecular flexibility index (Phi) is 5.79. The molecule has 0 spiro atoms. The third-order valence-corrected chi connectivity index (χ3v) is 4.41. The van der Waals surface area contributed by atoms with Crippen LogP contribution in [0.25, 0.3) is 11.1 Å². The van der Waals surface area contributed by atoms with Gasteiger partial charge in [-0.1, -0.05) is 53.2 Å². The molecule has 0 aromatic heterocycles. The molecule has 6 N–H and O–H groups in total. The van der Waals surface area contributed by atoms with E-state index in [-0.39, 0.29) is 10.7 Å². The van der Waals surface area contributed by atoms with E-state index in [0.29, 0.717) is 10.0 Å². The smallest absolute Gasteiger partial charge is 0.356 e. The number of halogens is 2. The molecule has 8 heteroatoms. The summed E-state index contributed by atoms with van der Waals surface area (Å²) in [5.74, 6) is 3.93. The molecule has 5 nitrogen and oxygen atoms in total. The third kappa shape index (κ3) is 4.33. The normalized spacial score (nSPS) is 11.8. The maximum atomic E-state index is 10.9. The van der Waals surface area contributed by atoms with Crippen LogP contribution < -0.4 is 17.0 Å². The highest BCUT2D eigenvalue weighted by Crippen LogP contribution is 2.32. The van der Waals surface area contributed by atoms with E-state index in [1.807, 2.05) is 30.3 Å². The molecule has 2 aromatic carbocycles. The van der Waals surface area contributed by atoms with Gasteiger partial charge in [-0.25, -0.2) is 4.79 Å². The SMILES string of the molecule is NN/C(C(=O)O)=C(\N)Sc1ccc(-c2ccc(Cl)cc2Cl)cc1. The first kappa shape index (κ1) is 17.5. The number of hydrogen-bond acceptors (Lipinski definition) is 5. The van der Waals surface area contributed by atoms with Gasteiger partial charge in [0.05, 0.1) is 0 Å². The lowest BCUT2D eigenvalue weighted by Crippen LogP contribution is -2.29. The fourth-order valence-electron chi connectivity index (χ4n) is 1.84. The van der Waals surface area contributed by atoms with Crippen LogP contribution in [0.2, 0.25) is 10.0 Å². The summed E-state index contributed by atoms with van der Waals surface area (Å²) in [6.07, 6.45) is 0. The molecule has 0 aliphatic heterocycles. The Morgan fingerprint density at radius 2 is 1.78 bits per heavy atom. The summed E-state index contributed by atoms with van der Waals surface area (Å²) in [4.78, 5) is 11.7. The number of thioether (sulfide) groups is 1. The van der Waals surface area contributed by atoms with Gasteiger partial charge in [0.25, 0.3) is 0 Å². The van der Waals surface area contributed by atoms with E-state index in [0.717, 1.165) is 27.8 Å². The fraction of sp³-hybridized carbons (Fsp3) is 0. The average molecular weight is 370 g/mol. The maximum Gasteiger partial charge on any atom is 0.356 e. The summed E-state index contributed by atoms with van der Waals surface area (Å²) in [5.41, 5.74) is 9.32. The van der Waals surface area contributed by atoms with Gasteiger partial charge in [0.1, 0.15) is 5.03 Å². The van der Waals surface area contributed by atoms with Crippen LogP contribution in [0.15, 0.2) is 58.1 Å². The molecule has 0 radical (unpaired) electrons. The molecule has 0 aliphatic carbocycles. The highest BCUT2D eigenvalue weighted by Gasteiger charge is 2.12. The number of benzene rings is 2. The number of carboxylic acid groups (broad SMARTS) is 1. The van der Waals surface area contributed by atoms with Crippen molar-refractivity contribution in [1.29, 1.82) is 0 Å². The van der Waals surface area contributed by atoms with Crippen molar-refractivity contribution in [3.05, 3.63) is 63.2 Å². The van der Waals surface area contributed by atoms with Gasteiger partial charge in [0.15, 0.2) is 5.70 Å². The molecule has 0 fully saturated rings. The van der Waals surface area contributed by atoms with Crippen LogP contribution in [-0.4, -0.2) is 11.1 Å². The van der Waals surface area contributed by atoms with Crippen LogP contribution in [0.1, 0.15) is 0 Å². The van der Waals surface area contributed by atoms with Crippen molar-refractivity contribution in [2.45, 2.75) is 4.90 Å². The summed E-state index contributed by atoms with van der Waals surface area (Å²) in [7, 11) is 0. The van der Waals surface area contributed by atoms with Gasteiger partial charge in [-0.15, -0.1) is 0 Å². The van der Waals surface area contributed by atoms with Crippen molar-refractivity contribution in [2.24, 2.45) is 11.6 Å². The standard InChI is InChI=1S/C15H13Cl2N3O2S/c16-9-3-6-11(12(17)7-9)8-1-4-10(5-2-8)23-14(18)13(20-19)15(21)22/h1-7,20H,18-19H2,(H,21,22)/b14-13+. The lowest BCUT2D eigenvalue weighted by molar-refractivity contribution is -0.133. The molecule has 0 atom stereocenters. The molecule has 0 aliphatic rings. The number of hydrogen-bond donors (Lipinski definition) is 4. The highest BCUT2D eigenvalue weighted by molar-refractivity contribution is 8.03. The summed E-state index contributed by atoms with van der Waals surface area (Å²) in [6.45, 7) is 0. The van der Waals surface area contributed by atoms with E-state index >= 15 is 0 Å². The predicted molar refractivity (Wildman–Crippen MR) is 93.9 cm³/mol. The van der Waals surface area contributed by atoms with E-state index < -0.39 is 5.97 Å². The van der Waals surface area contributed by atoms with Crippen LogP contribution in [-0.2, 0) is 4.79 Å². The molecule has 2 aromatic rings. The quantitative estimate of drug-likeness (QED) is 0.278. The zero-order valence-corrected chi connectivity index (χ0v) is 14.0. The van der Waals surface area contributed by atoms with E-state index in [4.69, 9.17) is 39.9 Å². The van der Waals surface area contributed by atoms with Gasteiger partial charge >= 0.3 is 5.97 Å². The molecular formula is C15H13Cl2N3O2S. The molecule has 0 bridgehead atoms. The van der Waals surface area contributed by atoms with Crippen molar-refractivity contribution >= 4 is 40.9 Å². The molecule has 23 heavy (non-hydrogen) atoms. The number of rotatable bonds is 5. The van der Waals surface area contributed by atoms with E-state index in [1.54, 1.807) is 12.1 Å². The number of nitrogens with one attached hydrogen (secondary N) is 1. The Bertz CT molecular complexity index is 764. The summed E-state index contributed by atoms with van der Waals surface area (Å²) in [5, 5.41) is 10.1. The molecule has 0 amide bonds. The largest absolute Gasteiger partial charge is 0.476 e. The van der Waals surface area contributed by atoms with Gasteiger partial charge < -0.3 is 16.3 Å².